The van der Waals surface area contributed by atoms with Gasteiger partial charge in [0.25, 0.3) is 5.56 Å². The molecule has 0 radical (unpaired) electrons. The first-order valence-electron chi connectivity index (χ1n) is 11.9. The van der Waals surface area contributed by atoms with Crippen LogP contribution >= 0.6 is 15.9 Å². The van der Waals surface area contributed by atoms with Crippen LogP contribution in [0.2, 0.25) is 0 Å². The highest BCUT2D eigenvalue weighted by Gasteiger charge is 2.28. The summed E-state index contributed by atoms with van der Waals surface area (Å²) in [6, 6.07) is 22.1. The van der Waals surface area contributed by atoms with E-state index in [0.717, 1.165) is 16.6 Å². The SMILES string of the molecule is CCc1ccc(-n2c(C(CC)N(CC)C(=O)Nc3cccc(Br)c3)nc3ccccc3c2=O)cc1. The Kier molecular flexibility index (Phi) is 7.66. The summed E-state index contributed by atoms with van der Waals surface area (Å²) in [7, 11) is 0. The molecule has 1 aromatic heterocycles. The molecule has 3 aromatic carbocycles. The number of benzene rings is 3. The topological polar surface area (TPSA) is 67.2 Å². The van der Waals surface area contributed by atoms with Crippen molar-refractivity contribution in [3.63, 3.8) is 0 Å². The number of rotatable bonds is 7. The Morgan fingerprint density at radius 3 is 2.43 bits per heavy atom. The molecule has 0 aliphatic heterocycles. The summed E-state index contributed by atoms with van der Waals surface area (Å²) in [6.07, 6.45) is 1.51. The molecule has 0 saturated carbocycles. The number of carbonyl (C=O) groups is 1. The lowest BCUT2D eigenvalue weighted by Crippen LogP contribution is -2.40. The summed E-state index contributed by atoms with van der Waals surface area (Å²) in [5.41, 5.74) is 3.10. The van der Waals surface area contributed by atoms with Gasteiger partial charge in [0.15, 0.2) is 0 Å². The third kappa shape index (κ3) is 5.15. The third-order valence-corrected chi connectivity index (χ3v) is 6.64. The second kappa shape index (κ2) is 10.9. The van der Waals surface area contributed by atoms with E-state index in [0.29, 0.717) is 35.4 Å². The molecule has 0 aliphatic rings. The third-order valence-electron chi connectivity index (χ3n) is 6.14. The first-order valence-corrected chi connectivity index (χ1v) is 12.7. The Morgan fingerprint density at radius 2 is 1.77 bits per heavy atom. The molecule has 0 saturated heterocycles. The molecule has 1 atom stereocenters. The minimum absolute atomic E-state index is 0.142. The quantitative estimate of drug-likeness (QED) is 0.287. The molecule has 1 heterocycles. The Bertz CT molecular complexity index is 1400. The van der Waals surface area contributed by atoms with Gasteiger partial charge in [-0.2, -0.15) is 0 Å². The summed E-state index contributed by atoms with van der Waals surface area (Å²) >= 11 is 3.45. The number of para-hydroxylation sites is 1. The summed E-state index contributed by atoms with van der Waals surface area (Å²) in [5, 5.41) is 3.53. The van der Waals surface area contributed by atoms with Crippen LogP contribution in [0.5, 0.6) is 0 Å². The number of nitrogens with one attached hydrogen (secondary N) is 1. The van der Waals surface area contributed by atoms with Gasteiger partial charge in [-0.25, -0.2) is 9.78 Å². The Balaban J connectivity index is 1.84. The number of carbonyl (C=O) groups excluding carboxylic acids is 1. The number of hydrogen-bond donors (Lipinski definition) is 1. The summed E-state index contributed by atoms with van der Waals surface area (Å²) in [6.45, 7) is 6.49. The monoisotopic (exact) mass is 532 g/mol. The van der Waals surface area contributed by atoms with Gasteiger partial charge in [-0.15, -0.1) is 0 Å². The molecule has 6 nitrogen and oxygen atoms in total. The number of urea groups is 1. The minimum Gasteiger partial charge on any atom is -0.315 e. The average Bonchev–Trinajstić information content (AvgIpc) is 2.87. The predicted octanol–water partition coefficient (Wildman–Crippen LogP) is 6.72. The molecule has 7 heteroatoms. The molecule has 4 aromatic rings. The Hall–Kier alpha value is -3.45. The second-order valence-electron chi connectivity index (χ2n) is 8.30. The molecular weight excluding hydrogens is 504 g/mol. The van der Waals surface area contributed by atoms with Gasteiger partial charge in [0.1, 0.15) is 5.82 Å². The van der Waals surface area contributed by atoms with Crippen molar-refractivity contribution in [3.8, 4) is 5.69 Å². The van der Waals surface area contributed by atoms with Crippen molar-refractivity contribution in [1.82, 2.24) is 14.5 Å². The van der Waals surface area contributed by atoms with E-state index in [2.05, 4.69) is 28.2 Å². The van der Waals surface area contributed by atoms with E-state index < -0.39 is 6.04 Å². The lowest BCUT2D eigenvalue weighted by molar-refractivity contribution is 0.185. The van der Waals surface area contributed by atoms with Crippen molar-refractivity contribution in [1.29, 1.82) is 0 Å². The lowest BCUT2D eigenvalue weighted by atomic mass is 10.1. The zero-order valence-electron chi connectivity index (χ0n) is 20.2. The first kappa shape index (κ1) is 24.7. The maximum Gasteiger partial charge on any atom is 0.322 e. The van der Waals surface area contributed by atoms with E-state index in [4.69, 9.17) is 4.98 Å². The van der Waals surface area contributed by atoms with Crippen molar-refractivity contribution < 1.29 is 4.79 Å². The highest BCUT2D eigenvalue weighted by molar-refractivity contribution is 9.10. The van der Waals surface area contributed by atoms with Crippen molar-refractivity contribution in [2.24, 2.45) is 0 Å². The van der Waals surface area contributed by atoms with Crippen LogP contribution in [0.3, 0.4) is 0 Å². The van der Waals surface area contributed by atoms with Crippen molar-refractivity contribution in [2.45, 2.75) is 39.7 Å². The van der Waals surface area contributed by atoms with Crippen LogP contribution in [-0.4, -0.2) is 27.0 Å². The number of amides is 2. The zero-order chi connectivity index (χ0) is 24.9. The molecule has 180 valence electrons. The van der Waals surface area contributed by atoms with E-state index >= 15 is 0 Å². The van der Waals surface area contributed by atoms with Crippen molar-refractivity contribution >= 4 is 38.6 Å². The average molecular weight is 533 g/mol. The van der Waals surface area contributed by atoms with E-state index in [1.165, 1.54) is 5.56 Å². The zero-order valence-corrected chi connectivity index (χ0v) is 21.7. The molecule has 0 aliphatic carbocycles. The fourth-order valence-corrected chi connectivity index (χ4v) is 4.71. The summed E-state index contributed by atoms with van der Waals surface area (Å²) < 4.78 is 2.54. The van der Waals surface area contributed by atoms with Gasteiger partial charge in [-0.1, -0.05) is 60.1 Å². The van der Waals surface area contributed by atoms with Gasteiger partial charge < -0.3 is 10.2 Å². The largest absolute Gasteiger partial charge is 0.322 e. The van der Waals surface area contributed by atoms with E-state index in [-0.39, 0.29) is 11.6 Å². The number of anilines is 1. The van der Waals surface area contributed by atoms with Crippen LogP contribution in [0.15, 0.2) is 82.1 Å². The van der Waals surface area contributed by atoms with Gasteiger partial charge >= 0.3 is 6.03 Å². The number of aromatic nitrogens is 2. The van der Waals surface area contributed by atoms with Crippen molar-refractivity contribution in [2.75, 3.05) is 11.9 Å². The van der Waals surface area contributed by atoms with E-state index in [1.807, 2.05) is 80.6 Å². The summed E-state index contributed by atoms with van der Waals surface area (Å²) in [5.74, 6) is 0.548. The van der Waals surface area contributed by atoms with Crippen molar-refractivity contribution in [3.05, 3.63) is 99.0 Å². The smallest absolute Gasteiger partial charge is 0.315 e. The maximum atomic E-state index is 13.7. The van der Waals surface area contributed by atoms with E-state index in [9.17, 15) is 9.59 Å². The predicted molar refractivity (Wildman–Crippen MR) is 145 cm³/mol. The number of halogens is 1. The fraction of sp³-hybridized carbons (Fsp3) is 0.250. The number of nitrogens with zero attached hydrogens (tertiary/aromatic N) is 3. The maximum absolute atomic E-state index is 13.7. The second-order valence-corrected chi connectivity index (χ2v) is 9.21. The van der Waals surface area contributed by atoms with Crippen LogP contribution in [-0.2, 0) is 6.42 Å². The Morgan fingerprint density at radius 1 is 1.03 bits per heavy atom. The molecule has 35 heavy (non-hydrogen) atoms. The van der Waals surface area contributed by atoms with Crippen LogP contribution in [0.1, 0.15) is 44.6 Å². The molecule has 0 spiro atoms. The van der Waals surface area contributed by atoms with Gasteiger partial charge in [-0.3, -0.25) is 9.36 Å². The van der Waals surface area contributed by atoms with Gasteiger partial charge in [-0.05, 0) is 67.8 Å². The molecule has 2 amide bonds. The lowest BCUT2D eigenvalue weighted by Gasteiger charge is -2.31. The van der Waals surface area contributed by atoms with Crippen LogP contribution in [0.4, 0.5) is 10.5 Å². The molecule has 1 unspecified atom stereocenters. The minimum atomic E-state index is -0.407. The standard InChI is InChI=1S/C28H29BrN4O2/c1-4-19-14-16-22(17-15-19)33-26(31-24-13-8-7-12-23(24)27(33)34)25(5-2)32(6-3)28(35)30-21-11-9-10-20(29)18-21/h7-18,25H,4-6H2,1-3H3,(H,30,35). The highest BCUT2D eigenvalue weighted by Crippen LogP contribution is 2.27. The molecule has 1 N–H and O–H groups in total. The van der Waals surface area contributed by atoms with Crippen LogP contribution in [0.25, 0.3) is 16.6 Å². The van der Waals surface area contributed by atoms with Crippen LogP contribution in [0, 0.1) is 0 Å². The molecule has 4 rings (SSSR count). The van der Waals surface area contributed by atoms with Gasteiger partial charge in [0, 0.05) is 16.7 Å². The highest BCUT2D eigenvalue weighted by atomic mass is 79.9. The Labute approximate surface area is 213 Å². The first-order chi connectivity index (χ1) is 17.0. The molecule has 0 bridgehead atoms. The number of hydrogen-bond acceptors (Lipinski definition) is 3. The van der Waals surface area contributed by atoms with E-state index in [1.54, 1.807) is 15.5 Å². The molecular formula is C28H29BrN4O2. The number of fused-ring (bicyclic) bond motifs is 1. The number of aryl methyl sites for hydroxylation is 1. The van der Waals surface area contributed by atoms with Crippen LogP contribution < -0.4 is 10.9 Å². The summed E-state index contributed by atoms with van der Waals surface area (Å²) in [4.78, 5) is 33.8. The fourth-order valence-electron chi connectivity index (χ4n) is 4.31. The molecule has 0 fully saturated rings. The normalized spacial score (nSPS) is 11.9. The van der Waals surface area contributed by atoms with Gasteiger partial charge in [0.2, 0.25) is 0 Å². The van der Waals surface area contributed by atoms with Gasteiger partial charge in [0.05, 0.1) is 22.6 Å².